The Kier molecular flexibility index (Phi) is 8.11. The molecule has 2 amide bonds. The summed E-state index contributed by atoms with van der Waals surface area (Å²) >= 11 is 0. The molecule has 41 heavy (non-hydrogen) atoms. The van der Waals surface area contributed by atoms with E-state index in [2.05, 4.69) is 42.2 Å². The Labute approximate surface area is 242 Å². The van der Waals surface area contributed by atoms with Crippen molar-refractivity contribution in [3.63, 3.8) is 0 Å². The number of fused-ring (bicyclic) bond motifs is 3. The van der Waals surface area contributed by atoms with Gasteiger partial charge in [0.1, 0.15) is 5.75 Å². The van der Waals surface area contributed by atoms with Crippen LogP contribution in [0.5, 0.6) is 5.75 Å². The van der Waals surface area contributed by atoms with Crippen molar-refractivity contribution >= 4 is 17.9 Å². The Bertz CT molecular complexity index is 1340. The molecule has 216 valence electrons. The molecule has 2 aromatic rings. The highest BCUT2D eigenvalue weighted by molar-refractivity contribution is 6.06. The Morgan fingerprint density at radius 1 is 1.02 bits per heavy atom. The van der Waals surface area contributed by atoms with Gasteiger partial charge in [-0.15, -0.1) is 0 Å². The zero-order chi connectivity index (χ0) is 28.5. The lowest BCUT2D eigenvalue weighted by Crippen LogP contribution is -2.47. The van der Waals surface area contributed by atoms with Gasteiger partial charge in [-0.3, -0.25) is 19.4 Å². The van der Waals surface area contributed by atoms with Crippen molar-refractivity contribution in [3.8, 4) is 5.75 Å². The van der Waals surface area contributed by atoms with Crippen molar-refractivity contribution in [2.45, 2.75) is 57.7 Å². The molecule has 0 bridgehead atoms. The summed E-state index contributed by atoms with van der Waals surface area (Å²) in [5, 5.41) is 20.1. The topological polar surface area (TPSA) is 90.3 Å². The first-order chi connectivity index (χ1) is 19.9. The highest BCUT2D eigenvalue weighted by atomic mass is 16.5. The van der Waals surface area contributed by atoms with Gasteiger partial charge in [0, 0.05) is 31.6 Å². The molecule has 3 fully saturated rings. The second kappa shape index (κ2) is 11.9. The van der Waals surface area contributed by atoms with Crippen LogP contribution in [0.15, 0.2) is 71.3 Å². The molecule has 3 aliphatic heterocycles. The van der Waals surface area contributed by atoms with Gasteiger partial charge in [0.15, 0.2) is 0 Å². The number of hydrogen-bond donors (Lipinski definition) is 2. The van der Waals surface area contributed by atoms with E-state index in [0.29, 0.717) is 13.0 Å². The third kappa shape index (κ3) is 5.63. The molecule has 0 unspecified atom stereocenters. The van der Waals surface area contributed by atoms with Crippen molar-refractivity contribution < 1.29 is 24.5 Å². The van der Waals surface area contributed by atoms with Crippen LogP contribution in [-0.4, -0.2) is 70.3 Å². The fourth-order valence-electron chi connectivity index (χ4n) is 7.51. The number of nitrogens with zero attached hydrogens (tertiary/aromatic N) is 2. The Morgan fingerprint density at radius 2 is 1.80 bits per heavy atom. The number of imide groups is 1. The average molecular weight is 557 g/mol. The molecule has 1 aliphatic carbocycles. The van der Waals surface area contributed by atoms with Crippen molar-refractivity contribution in [3.05, 3.63) is 82.4 Å². The van der Waals surface area contributed by atoms with E-state index in [9.17, 15) is 19.8 Å². The average Bonchev–Trinajstić information content (AvgIpc) is 3.51. The first-order valence-corrected chi connectivity index (χ1v) is 15.0. The van der Waals surface area contributed by atoms with Crippen LogP contribution in [0, 0.1) is 17.8 Å². The van der Waals surface area contributed by atoms with Gasteiger partial charge in [0.25, 0.3) is 0 Å². The summed E-state index contributed by atoms with van der Waals surface area (Å²) < 4.78 is 6.27. The van der Waals surface area contributed by atoms with Crippen LogP contribution in [0.3, 0.4) is 0 Å². The van der Waals surface area contributed by atoms with Gasteiger partial charge in [-0.2, -0.15) is 0 Å². The molecule has 7 nitrogen and oxygen atoms in total. The lowest BCUT2D eigenvalue weighted by Gasteiger charge is -2.36. The van der Waals surface area contributed by atoms with Crippen LogP contribution in [0.25, 0.3) is 6.08 Å². The third-order valence-corrected chi connectivity index (χ3v) is 9.49. The summed E-state index contributed by atoms with van der Waals surface area (Å²) in [4.78, 5) is 31.6. The fraction of sp³-hybridized carbons (Fsp3) is 0.471. The lowest BCUT2D eigenvalue weighted by molar-refractivity contribution is -0.144. The molecule has 7 heteroatoms. The Balaban J connectivity index is 1.11. The normalized spacial score (nSPS) is 27.5. The summed E-state index contributed by atoms with van der Waals surface area (Å²) in [7, 11) is 0. The zero-order valence-corrected chi connectivity index (χ0v) is 23.7. The SMILES string of the molecule is C/C(=C\c1cccc(O)c1)CC[C@H]1OC[C@H]2C1=C(CO)C[C@H]1C(=O)N(C3CCN(Cc4ccccc4)CC3)C(=O)[C@H]12. The second-order valence-corrected chi connectivity index (χ2v) is 12.1. The molecular weight excluding hydrogens is 516 g/mol. The minimum Gasteiger partial charge on any atom is -0.508 e. The Morgan fingerprint density at radius 3 is 2.54 bits per heavy atom. The Hall–Kier alpha value is -3.26. The summed E-state index contributed by atoms with van der Waals surface area (Å²) in [6, 6.07) is 17.5. The van der Waals surface area contributed by atoms with Gasteiger partial charge in [0.2, 0.25) is 11.8 Å². The van der Waals surface area contributed by atoms with Gasteiger partial charge in [-0.25, -0.2) is 0 Å². The van der Waals surface area contributed by atoms with Crippen LogP contribution >= 0.6 is 0 Å². The van der Waals surface area contributed by atoms with Crippen molar-refractivity contribution in [2.75, 3.05) is 26.3 Å². The van der Waals surface area contributed by atoms with Gasteiger partial charge >= 0.3 is 0 Å². The number of phenolic OH excluding ortho intramolecular Hbond substituents is 1. The smallest absolute Gasteiger partial charge is 0.234 e. The number of carbonyl (C=O) groups excluding carboxylic acids is 2. The number of amides is 2. The molecule has 0 radical (unpaired) electrons. The van der Waals surface area contributed by atoms with Gasteiger partial charge in [-0.05, 0) is 73.4 Å². The molecule has 6 rings (SSSR count). The molecule has 0 saturated carbocycles. The maximum atomic E-state index is 13.9. The number of ether oxygens (including phenoxy) is 1. The summed E-state index contributed by atoms with van der Waals surface area (Å²) in [5.41, 5.74) is 5.33. The number of aliphatic hydroxyl groups is 1. The molecule has 3 saturated heterocycles. The zero-order valence-electron chi connectivity index (χ0n) is 23.7. The number of benzene rings is 2. The molecule has 2 aromatic carbocycles. The van der Waals surface area contributed by atoms with Crippen LogP contribution in [0.1, 0.15) is 50.2 Å². The summed E-state index contributed by atoms with van der Waals surface area (Å²) in [5.74, 6) is -0.772. The van der Waals surface area contributed by atoms with E-state index in [0.717, 1.165) is 62.0 Å². The molecule has 4 aliphatic rings. The van der Waals surface area contributed by atoms with Crippen molar-refractivity contribution in [2.24, 2.45) is 17.8 Å². The number of phenols is 1. The van der Waals surface area contributed by atoms with Crippen LogP contribution in [-0.2, 0) is 20.9 Å². The number of likely N-dealkylation sites (tertiary alicyclic amines) is 2. The first-order valence-electron chi connectivity index (χ1n) is 15.0. The highest BCUT2D eigenvalue weighted by Crippen LogP contribution is 2.50. The molecule has 2 N–H and O–H groups in total. The van der Waals surface area contributed by atoms with E-state index < -0.39 is 5.92 Å². The number of piperidine rings is 1. The number of rotatable bonds is 8. The van der Waals surface area contributed by atoms with Crippen molar-refractivity contribution in [1.82, 2.24) is 9.80 Å². The maximum Gasteiger partial charge on any atom is 0.234 e. The summed E-state index contributed by atoms with van der Waals surface area (Å²) in [6.07, 6.45) is 5.49. The monoisotopic (exact) mass is 556 g/mol. The van der Waals surface area contributed by atoms with Crippen LogP contribution in [0.4, 0.5) is 0 Å². The maximum absolute atomic E-state index is 13.9. The van der Waals surface area contributed by atoms with Crippen molar-refractivity contribution in [1.29, 1.82) is 0 Å². The van der Waals surface area contributed by atoms with E-state index >= 15 is 0 Å². The number of aliphatic hydroxyl groups excluding tert-OH is 1. The van der Waals surface area contributed by atoms with E-state index in [4.69, 9.17) is 4.74 Å². The number of hydrogen-bond acceptors (Lipinski definition) is 6. The van der Waals surface area contributed by atoms with E-state index in [1.165, 1.54) is 11.1 Å². The molecular formula is C34H40N2O5. The summed E-state index contributed by atoms with van der Waals surface area (Å²) in [6.45, 7) is 4.99. The van der Waals surface area contributed by atoms with Crippen LogP contribution in [0.2, 0.25) is 0 Å². The minimum atomic E-state index is -0.393. The van der Waals surface area contributed by atoms with E-state index in [1.54, 1.807) is 17.0 Å². The number of allylic oxidation sites excluding steroid dienone is 1. The highest BCUT2D eigenvalue weighted by Gasteiger charge is 2.58. The lowest BCUT2D eigenvalue weighted by atomic mass is 9.69. The molecule has 4 atom stereocenters. The van der Waals surface area contributed by atoms with Gasteiger partial charge < -0.3 is 14.9 Å². The van der Waals surface area contributed by atoms with Crippen LogP contribution < -0.4 is 0 Å². The molecule has 0 spiro atoms. The van der Waals surface area contributed by atoms with E-state index in [1.807, 2.05) is 18.2 Å². The number of aromatic hydroxyl groups is 1. The van der Waals surface area contributed by atoms with Gasteiger partial charge in [0.05, 0.1) is 31.2 Å². The number of carbonyl (C=O) groups is 2. The van der Waals surface area contributed by atoms with E-state index in [-0.39, 0.29) is 48.2 Å². The fourth-order valence-corrected chi connectivity index (χ4v) is 7.51. The largest absolute Gasteiger partial charge is 0.508 e. The second-order valence-electron chi connectivity index (χ2n) is 12.1. The van der Waals surface area contributed by atoms with Gasteiger partial charge in [-0.1, -0.05) is 54.1 Å². The first kappa shape index (κ1) is 27.9. The predicted molar refractivity (Wildman–Crippen MR) is 157 cm³/mol. The minimum absolute atomic E-state index is 0.0368. The quantitative estimate of drug-likeness (QED) is 0.366. The molecule has 0 aromatic heterocycles. The molecule has 3 heterocycles. The predicted octanol–water partition coefficient (Wildman–Crippen LogP) is 4.55. The third-order valence-electron chi connectivity index (χ3n) is 9.49. The standard InChI is InChI=1S/C34H40N2O5/c1-22(16-24-8-5-9-27(38)17-24)10-11-30-31-25(20-37)18-28-32(29(31)21-41-30)34(40)36(33(28)39)26-12-14-35(15-13-26)19-23-6-3-2-4-7-23/h2-9,16-17,26,28-30,32,37-38H,10-15,18-21H2,1H3/b22-16+/t28-,29+,30-,32-/m1/s1.